The second-order valence-electron chi connectivity index (χ2n) is 5.09. The van der Waals surface area contributed by atoms with Gasteiger partial charge in [-0.15, -0.1) is 0 Å². The second-order valence-corrected chi connectivity index (χ2v) is 5.09. The van der Waals surface area contributed by atoms with Gasteiger partial charge >= 0.3 is 0 Å². The Morgan fingerprint density at radius 2 is 1.89 bits per heavy atom. The van der Waals surface area contributed by atoms with E-state index in [9.17, 15) is 0 Å². The molecular formula is C15H24N2O. The van der Waals surface area contributed by atoms with Gasteiger partial charge in [-0.3, -0.25) is 0 Å². The fourth-order valence-corrected chi connectivity index (χ4v) is 2.26. The number of anilines is 1. The van der Waals surface area contributed by atoms with Crippen LogP contribution in [0.4, 0.5) is 5.69 Å². The topological polar surface area (TPSA) is 24.5 Å². The minimum Gasteiger partial charge on any atom is -0.494 e. The molecule has 2 rings (SSSR count). The van der Waals surface area contributed by atoms with Gasteiger partial charge in [0.1, 0.15) is 5.75 Å². The van der Waals surface area contributed by atoms with Crippen molar-refractivity contribution in [3.8, 4) is 5.75 Å². The lowest BCUT2D eigenvalue weighted by molar-refractivity contribution is 0.264. The highest BCUT2D eigenvalue weighted by Gasteiger charge is 2.15. The Hall–Kier alpha value is -1.22. The van der Waals surface area contributed by atoms with Gasteiger partial charge in [0.05, 0.1) is 6.61 Å². The minimum absolute atomic E-state index is 0.614. The van der Waals surface area contributed by atoms with E-state index in [-0.39, 0.29) is 0 Å². The van der Waals surface area contributed by atoms with Crippen LogP contribution in [0.5, 0.6) is 5.75 Å². The van der Waals surface area contributed by atoms with E-state index < -0.39 is 0 Å². The van der Waals surface area contributed by atoms with Gasteiger partial charge in [-0.05, 0) is 63.7 Å². The minimum atomic E-state index is 0.614. The SMILES string of the molecule is CCCOc1ccc(NC2CCN(C)CC2)cc1. The third kappa shape index (κ3) is 3.91. The van der Waals surface area contributed by atoms with Gasteiger partial charge in [-0.1, -0.05) is 6.92 Å². The predicted octanol–water partition coefficient (Wildman–Crippen LogP) is 2.98. The standard InChI is InChI=1S/C15H24N2O/c1-3-12-18-15-6-4-13(5-7-15)16-14-8-10-17(2)11-9-14/h4-7,14,16H,3,8-12H2,1-2H3. The van der Waals surface area contributed by atoms with Crippen molar-refractivity contribution in [1.82, 2.24) is 4.90 Å². The number of nitrogens with one attached hydrogen (secondary N) is 1. The summed E-state index contributed by atoms with van der Waals surface area (Å²) >= 11 is 0. The van der Waals surface area contributed by atoms with Crippen molar-refractivity contribution in [2.45, 2.75) is 32.2 Å². The molecule has 1 aliphatic heterocycles. The molecule has 1 N–H and O–H groups in total. The summed E-state index contributed by atoms with van der Waals surface area (Å²) in [5.41, 5.74) is 1.20. The van der Waals surface area contributed by atoms with Crippen LogP contribution in [0.3, 0.4) is 0 Å². The largest absolute Gasteiger partial charge is 0.494 e. The number of likely N-dealkylation sites (tertiary alicyclic amines) is 1. The summed E-state index contributed by atoms with van der Waals surface area (Å²) in [6.45, 7) is 5.29. The van der Waals surface area contributed by atoms with Crippen LogP contribution in [-0.4, -0.2) is 37.7 Å². The monoisotopic (exact) mass is 248 g/mol. The molecular weight excluding hydrogens is 224 g/mol. The third-order valence-electron chi connectivity index (χ3n) is 3.42. The molecule has 18 heavy (non-hydrogen) atoms. The molecule has 1 aliphatic rings. The van der Waals surface area contributed by atoms with Crippen LogP contribution in [0.2, 0.25) is 0 Å². The van der Waals surface area contributed by atoms with Crippen LogP contribution in [0, 0.1) is 0 Å². The number of ether oxygens (including phenoxy) is 1. The number of hydrogen-bond acceptors (Lipinski definition) is 3. The second kappa shape index (κ2) is 6.64. The van der Waals surface area contributed by atoms with Gasteiger partial charge in [0.25, 0.3) is 0 Å². The Bertz CT molecular complexity index is 342. The average Bonchev–Trinajstić information content (AvgIpc) is 2.41. The average molecular weight is 248 g/mol. The van der Waals surface area contributed by atoms with Crippen molar-refractivity contribution in [2.75, 3.05) is 32.1 Å². The van der Waals surface area contributed by atoms with Crippen molar-refractivity contribution < 1.29 is 4.74 Å². The molecule has 0 saturated carbocycles. The van der Waals surface area contributed by atoms with Crippen LogP contribution in [0.15, 0.2) is 24.3 Å². The number of piperidine rings is 1. The third-order valence-corrected chi connectivity index (χ3v) is 3.42. The predicted molar refractivity (Wildman–Crippen MR) is 76.4 cm³/mol. The van der Waals surface area contributed by atoms with E-state index >= 15 is 0 Å². The normalized spacial score (nSPS) is 17.7. The van der Waals surface area contributed by atoms with Gasteiger partial charge in [0.15, 0.2) is 0 Å². The lowest BCUT2D eigenvalue weighted by Gasteiger charge is -2.30. The maximum atomic E-state index is 5.58. The van der Waals surface area contributed by atoms with Gasteiger partial charge in [-0.25, -0.2) is 0 Å². The first-order valence-electron chi connectivity index (χ1n) is 6.96. The molecule has 1 fully saturated rings. The first kappa shape index (κ1) is 13.2. The Morgan fingerprint density at radius 3 is 2.50 bits per heavy atom. The fraction of sp³-hybridized carbons (Fsp3) is 0.600. The molecule has 1 aromatic carbocycles. The maximum Gasteiger partial charge on any atom is 0.119 e. The molecule has 0 amide bonds. The van der Waals surface area contributed by atoms with E-state index in [0.29, 0.717) is 6.04 Å². The van der Waals surface area contributed by atoms with Gasteiger partial charge in [-0.2, -0.15) is 0 Å². The maximum absolute atomic E-state index is 5.58. The van der Waals surface area contributed by atoms with Crippen molar-refractivity contribution in [1.29, 1.82) is 0 Å². The molecule has 3 nitrogen and oxygen atoms in total. The molecule has 0 aliphatic carbocycles. The summed E-state index contributed by atoms with van der Waals surface area (Å²) in [6, 6.07) is 8.94. The first-order valence-corrected chi connectivity index (χ1v) is 6.96. The lowest BCUT2D eigenvalue weighted by atomic mass is 10.1. The van der Waals surface area contributed by atoms with Crippen LogP contribution in [0.25, 0.3) is 0 Å². The highest BCUT2D eigenvalue weighted by molar-refractivity contribution is 5.47. The molecule has 1 heterocycles. The molecule has 0 radical (unpaired) electrons. The zero-order valence-corrected chi connectivity index (χ0v) is 11.5. The van der Waals surface area contributed by atoms with Crippen molar-refractivity contribution in [3.63, 3.8) is 0 Å². The summed E-state index contributed by atoms with van der Waals surface area (Å²) in [4.78, 5) is 2.39. The van der Waals surface area contributed by atoms with E-state index in [1.54, 1.807) is 0 Å². The summed E-state index contributed by atoms with van der Waals surface area (Å²) in [5.74, 6) is 0.964. The summed E-state index contributed by atoms with van der Waals surface area (Å²) in [7, 11) is 2.19. The number of hydrogen-bond donors (Lipinski definition) is 1. The van der Waals surface area contributed by atoms with E-state index in [4.69, 9.17) is 4.74 Å². The van der Waals surface area contributed by atoms with E-state index in [1.165, 1.54) is 31.6 Å². The van der Waals surface area contributed by atoms with Crippen molar-refractivity contribution in [3.05, 3.63) is 24.3 Å². The van der Waals surface area contributed by atoms with Gasteiger partial charge in [0, 0.05) is 11.7 Å². The molecule has 0 aromatic heterocycles. The summed E-state index contributed by atoms with van der Waals surface area (Å²) in [5, 5.41) is 3.60. The Balaban J connectivity index is 1.82. The Labute approximate surface area is 110 Å². The molecule has 0 spiro atoms. The van der Waals surface area contributed by atoms with Crippen molar-refractivity contribution >= 4 is 5.69 Å². The van der Waals surface area contributed by atoms with E-state index in [2.05, 4.69) is 36.3 Å². The quantitative estimate of drug-likeness (QED) is 0.867. The van der Waals surface area contributed by atoms with Gasteiger partial charge in [0.2, 0.25) is 0 Å². The zero-order valence-electron chi connectivity index (χ0n) is 11.5. The summed E-state index contributed by atoms with van der Waals surface area (Å²) in [6.07, 6.45) is 3.50. The van der Waals surface area contributed by atoms with Crippen LogP contribution >= 0.6 is 0 Å². The number of rotatable bonds is 5. The lowest BCUT2D eigenvalue weighted by Crippen LogP contribution is -2.36. The Morgan fingerprint density at radius 1 is 1.22 bits per heavy atom. The molecule has 1 aromatic rings. The highest BCUT2D eigenvalue weighted by Crippen LogP contribution is 2.19. The van der Waals surface area contributed by atoms with Crippen LogP contribution in [-0.2, 0) is 0 Å². The molecule has 1 saturated heterocycles. The van der Waals surface area contributed by atoms with E-state index in [1.807, 2.05) is 12.1 Å². The van der Waals surface area contributed by atoms with Crippen LogP contribution < -0.4 is 10.1 Å². The van der Waals surface area contributed by atoms with Crippen LogP contribution in [0.1, 0.15) is 26.2 Å². The molecule has 0 unspecified atom stereocenters. The van der Waals surface area contributed by atoms with Gasteiger partial charge < -0.3 is 15.0 Å². The molecule has 3 heteroatoms. The first-order chi connectivity index (χ1) is 8.78. The molecule has 0 bridgehead atoms. The zero-order chi connectivity index (χ0) is 12.8. The number of nitrogens with zero attached hydrogens (tertiary/aromatic N) is 1. The smallest absolute Gasteiger partial charge is 0.119 e. The van der Waals surface area contributed by atoms with E-state index in [0.717, 1.165) is 18.8 Å². The molecule has 0 atom stereocenters. The van der Waals surface area contributed by atoms with Crippen molar-refractivity contribution in [2.24, 2.45) is 0 Å². The number of benzene rings is 1. The molecule has 100 valence electrons. The summed E-state index contributed by atoms with van der Waals surface area (Å²) < 4.78 is 5.58. The highest BCUT2D eigenvalue weighted by atomic mass is 16.5. The fourth-order valence-electron chi connectivity index (χ4n) is 2.26. The Kier molecular flexibility index (Phi) is 4.88.